The summed E-state index contributed by atoms with van der Waals surface area (Å²) in [5.41, 5.74) is 7.91. The van der Waals surface area contributed by atoms with Gasteiger partial charge in [-0.05, 0) is 69.8 Å². The summed E-state index contributed by atoms with van der Waals surface area (Å²) >= 11 is 4.39. The summed E-state index contributed by atoms with van der Waals surface area (Å²) in [6, 6.07) is 3.15. The molecule has 17 heavy (non-hydrogen) atoms. The molecule has 0 aromatic heterocycles. The molecule has 0 spiro atoms. The Labute approximate surface area is 126 Å². The number of hydrogen-bond donors (Lipinski definition) is 2. The second kappa shape index (κ2) is 6.99. The molecule has 92 valence electrons. The Hall–Kier alpha value is -0.580. The first-order valence-electron chi connectivity index (χ1n) is 4.75. The van der Waals surface area contributed by atoms with E-state index in [4.69, 9.17) is 10.5 Å². The van der Waals surface area contributed by atoms with Gasteiger partial charge in [-0.3, -0.25) is 0 Å². The van der Waals surface area contributed by atoms with Gasteiger partial charge in [0.2, 0.25) is 0 Å². The van der Waals surface area contributed by atoms with Crippen LogP contribution in [0.25, 0.3) is 0 Å². The summed E-state index contributed by atoms with van der Waals surface area (Å²) in [6.07, 6.45) is 1.53. The number of nitrogens with zero attached hydrogens (tertiary/aromatic N) is 1. The lowest BCUT2D eigenvalue weighted by molar-refractivity contribution is 0.249. The molecule has 2 amide bonds. The van der Waals surface area contributed by atoms with Gasteiger partial charge in [-0.15, -0.1) is 0 Å². The van der Waals surface area contributed by atoms with Crippen molar-refractivity contribution in [3.8, 4) is 5.75 Å². The van der Waals surface area contributed by atoms with Gasteiger partial charge < -0.3 is 10.5 Å². The third-order valence-corrected chi connectivity index (χ3v) is 3.30. The summed E-state index contributed by atoms with van der Waals surface area (Å²) < 4.78 is 7.51. The molecular formula is C10H11I2N3O2. The maximum absolute atomic E-state index is 10.4. The third-order valence-electron chi connectivity index (χ3n) is 1.70. The number of hydrazone groups is 1. The Morgan fingerprint density at radius 2 is 2.12 bits per heavy atom. The molecule has 0 aliphatic heterocycles. The molecule has 0 bridgehead atoms. The lowest BCUT2D eigenvalue weighted by Crippen LogP contribution is -2.24. The molecule has 3 N–H and O–H groups in total. The number of nitrogens with two attached hydrogens (primary N) is 1. The Morgan fingerprint density at radius 3 is 2.59 bits per heavy atom. The first-order valence-corrected chi connectivity index (χ1v) is 6.90. The van der Waals surface area contributed by atoms with Gasteiger partial charge in [0, 0.05) is 0 Å². The van der Waals surface area contributed by atoms with Crippen molar-refractivity contribution in [1.29, 1.82) is 0 Å². The first kappa shape index (κ1) is 14.5. The first-order chi connectivity index (χ1) is 8.04. The average Bonchev–Trinajstić information content (AvgIpc) is 2.23. The van der Waals surface area contributed by atoms with E-state index >= 15 is 0 Å². The lowest BCUT2D eigenvalue weighted by atomic mass is 10.2. The smallest absolute Gasteiger partial charge is 0.332 e. The van der Waals surface area contributed by atoms with E-state index in [1.807, 2.05) is 19.1 Å². The van der Waals surface area contributed by atoms with Crippen LogP contribution in [0.15, 0.2) is 17.2 Å². The number of urea groups is 1. The van der Waals surface area contributed by atoms with E-state index in [1.165, 1.54) is 6.21 Å². The quantitative estimate of drug-likeness (QED) is 0.412. The maximum Gasteiger partial charge on any atom is 0.332 e. The van der Waals surface area contributed by atoms with Crippen LogP contribution in [-0.4, -0.2) is 18.9 Å². The van der Waals surface area contributed by atoms with Gasteiger partial charge in [-0.2, -0.15) is 5.10 Å². The molecule has 1 aromatic carbocycles. The normalized spacial score (nSPS) is 10.5. The molecule has 0 atom stereocenters. The van der Waals surface area contributed by atoms with E-state index in [9.17, 15) is 4.79 Å². The second-order valence-electron chi connectivity index (χ2n) is 2.98. The Bertz CT molecular complexity index is 426. The van der Waals surface area contributed by atoms with Gasteiger partial charge in [0.15, 0.2) is 0 Å². The van der Waals surface area contributed by atoms with Crippen LogP contribution in [0, 0.1) is 7.14 Å². The summed E-state index contributed by atoms with van der Waals surface area (Å²) in [5.74, 6) is 0.869. The predicted octanol–water partition coefficient (Wildman–Crippen LogP) is 2.30. The zero-order valence-electron chi connectivity index (χ0n) is 9.04. The Morgan fingerprint density at radius 1 is 1.53 bits per heavy atom. The number of hydrogen-bond acceptors (Lipinski definition) is 3. The maximum atomic E-state index is 10.4. The van der Waals surface area contributed by atoms with E-state index < -0.39 is 6.03 Å². The van der Waals surface area contributed by atoms with Crippen molar-refractivity contribution in [2.75, 3.05) is 6.61 Å². The highest BCUT2D eigenvalue weighted by Gasteiger charge is 2.07. The van der Waals surface area contributed by atoms with Crippen molar-refractivity contribution in [2.45, 2.75) is 6.92 Å². The van der Waals surface area contributed by atoms with Crippen molar-refractivity contribution in [3.63, 3.8) is 0 Å². The van der Waals surface area contributed by atoms with E-state index in [0.29, 0.717) is 6.61 Å². The average molecular weight is 459 g/mol. The van der Waals surface area contributed by atoms with Crippen molar-refractivity contribution >= 4 is 57.4 Å². The van der Waals surface area contributed by atoms with Crippen molar-refractivity contribution in [1.82, 2.24) is 5.43 Å². The number of rotatable bonds is 4. The van der Waals surface area contributed by atoms with E-state index in [1.54, 1.807) is 0 Å². The van der Waals surface area contributed by atoms with Gasteiger partial charge in [-0.25, -0.2) is 10.2 Å². The molecule has 5 nitrogen and oxygen atoms in total. The molecule has 0 fully saturated rings. The molecule has 0 heterocycles. The van der Waals surface area contributed by atoms with E-state index in [0.717, 1.165) is 18.5 Å². The lowest BCUT2D eigenvalue weighted by Gasteiger charge is -2.09. The van der Waals surface area contributed by atoms with Crippen LogP contribution >= 0.6 is 45.2 Å². The standard InChI is InChI=1S/C10H11I2N3O2/c1-2-17-9-7(11)3-6(4-8(9)12)5-14-15-10(13)16/h3-5H,2H2,1H3,(H3,13,15,16)/b14-5-. The molecule has 0 saturated carbocycles. The number of ether oxygens (including phenoxy) is 1. The van der Waals surface area contributed by atoms with Gasteiger partial charge in [0.25, 0.3) is 0 Å². The highest BCUT2D eigenvalue weighted by atomic mass is 127. The molecule has 0 aliphatic rings. The minimum absolute atomic E-state index is 0.628. The van der Waals surface area contributed by atoms with Gasteiger partial charge in [-0.1, -0.05) is 0 Å². The zero-order chi connectivity index (χ0) is 12.8. The molecule has 1 rings (SSSR count). The van der Waals surface area contributed by atoms with Crippen molar-refractivity contribution in [3.05, 3.63) is 24.8 Å². The van der Waals surface area contributed by atoms with Gasteiger partial charge in [0.05, 0.1) is 20.0 Å². The molecular weight excluding hydrogens is 448 g/mol. The molecule has 0 unspecified atom stereocenters. The second-order valence-corrected chi connectivity index (χ2v) is 5.31. The van der Waals surface area contributed by atoms with Crippen molar-refractivity contribution < 1.29 is 9.53 Å². The molecule has 0 radical (unpaired) electrons. The monoisotopic (exact) mass is 459 g/mol. The summed E-state index contributed by atoms with van der Waals surface area (Å²) in [4.78, 5) is 10.4. The van der Waals surface area contributed by atoms with Crippen molar-refractivity contribution in [2.24, 2.45) is 10.8 Å². The largest absolute Gasteiger partial charge is 0.492 e. The number of carbonyl (C=O) groups is 1. The number of primary amides is 1. The molecule has 0 saturated heterocycles. The summed E-state index contributed by atoms with van der Waals surface area (Å²) in [5, 5.41) is 3.70. The topological polar surface area (TPSA) is 76.7 Å². The minimum atomic E-state index is -0.684. The summed E-state index contributed by atoms with van der Waals surface area (Å²) in [7, 11) is 0. The van der Waals surface area contributed by atoms with Crippen LogP contribution in [0.3, 0.4) is 0 Å². The number of carbonyl (C=O) groups excluding carboxylic acids is 1. The molecule has 7 heteroatoms. The van der Waals surface area contributed by atoms with Crippen LogP contribution in [0.2, 0.25) is 0 Å². The highest BCUT2D eigenvalue weighted by Crippen LogP contribution is 2.28. The third kappa shape index (κ3) is 4.66. The van der Waals surface area contributed by atoms with E-state index in [-0.39, 0.29) is 0 Å². The fraction of sp³-hybridized carbons (Fsp3) is 0.200. The van der Waals surface area contributed by atoms with Crippen LogP contribution in [0.1, 0.15) is 12.5 Å². The van der Waals surface area contributed by atoms with Gasteiger partial charge in [0.1, 0.15) is 5.75 Å². The minimum Gasteiger partial charge on any atom is -0.492 e. The predicted molar refractivity (Wildman–Crippen MR) is 83.4 cm³/mol. The van der Waals surface area contributed by atoms with Crippen LogP contribution < -0.4 is 15.9 Å². The highest BCUT2D eigenvalue weighted by molar-refractivity contribution is 14.1. The van der Waals surface area contributed by atoms with Gasteiger partial charge >= 0.3 is 6.03 Å². The number of benzene rings is 1. The Kier molecular flexibility index (Phi) is 5.95. The number of halogens is 2. The van der Waals surface area contributed by atoms with Crippen LogP contribution in [-0.2, 0) is 0 Å². The summed E-state index contributed by atoms with van der Waals surface area (Å²) in [6.45, 7) is 2.57. The van der Waals surface area contributed by atoms with Crippen LogP contribution in [0.5, 0.6) is 5.75 Å². The SMILES string of the molecule is CCOc1c(I)cc(/C=N\NC(N)=O)cc1I. The van der Waals surface area contributed by atoms with E-state index in [2.05, 4.69) is 55.7 Å². The number of nitrogens with one attached hydrogen (secondary N) is 1. The molecule has 0 aliphatic carbocycles. The van der Waals surface area contributed by atoms with Crippen LogP contribution in [0.4, 0.5) is 4.79 Å². The number of amides is 2. The Balaban J connectivity index is 2.90. The zero-order valence-corrected chi connectivity index (χ0v) is 13.4. The fourth-order valence-corrected chi connectivity index (χ4v) is 3.23. The fourth-order valence-electron chi connectivity index (χ4n) is 1.11. The molecule has 1 aromatic rings.